The molecule has 3 rings (SSSR count). The molecule has 0 nitrogen and oxygen atoms in total. The minimum absolute atomic E-state index is 1.24. The monoisotopic (exact) mass is 236 g/mol. The van der Waals surface area contributed by atoms with Gasteiger partial charge in [-0.05, 0) is 29.2 Å². The van der Waals surface area contributed by atoms with Gasteiger partial charge in [-0.1, -0.05) is 54.6 Å². The van der Waals surface area contributed by atoms with Crippen LogP contribution in [0.3, 0.4) is 0 Å². The Morgan fingerprint density at radius 2 is 1.53 bits per heavy atom. The second kappa shape index (κ2) is 4.56. The molecule has 0 unspecified atom stereocenters. The molecule has 0 atom stereocenters. The van der Waals surface area contributed by atoms with Crippen molar-refractivity contribution < 1.29 is 0 Å². The van der Waals surface area contributed by atoms with Crippen LogP contribution in [0.5, 0.6) is 0 Å². The summed E-state index contributed by atoms with van der Waals surface area (Å²) in [5.41, 5.74) is 1.24. The molecule has 0 saturated carbocycles. The van der Waals surface area contributed by atoms with Crippen molar-refractivity contribution in [2.24, 2.45) is 0 Å². The SMILES string of the molecule is C(=Cc1cc2ccccc2s1)c1ccccc1. The number of rotatable bonds is 2. The van der Waals surface area contributed by atoms with Crippen LogP contribution in [0.1, 0.15) is 10.4 Å². The van der Waals surface area contributed by atoms with Gasteiger partial charge in [-0.15, -0.1) is 11.3 Å². The molecule has 0 bridgehead atoms. The summed E-state index contributed by atoms with van der Waals surface area (Å²) in [5, 5.41) is 1.32. The van der Waals surface area contributed by atoms with Gasteiger partial charge in [0, 0.05) is 9.58 Å². The summed E-state index contributed by atoms with van der Waals surface area (Å²) in [6, 6.07) is 21.1. The Morgan fingerprint density at radius 1 is 0.765 bits per heavy atom. The van der Waals surface area contributed by atoms with E-state index >= 15 is 0 Å². The molecule has 0 aliphatic carbocycles. The molecule has 3 aromatic rings. The van der Waals surface area contributed by atoms with Gasteiger partial charge in [0.15, 0.2) is 0 Å². The van der Waals surface area contributed by atoms with Crippen LogP contribution in [0.15, 0.2) is 60.7 Å². The largest absolute Gasteiger partial charge is 0.136 e. The standard InChI is InChI=1S/C16H12S/c1-2-6-13(7-3-1)10-11-15-12-14-8-4-5-9-16(14)17-15/h1-12H. The summed E-state index contributed by atoms with van der Waals surface area (Å²) < 4.78 is 1.35. The van der Waals surface area contributed by atoms with Gasteiger partial charge >= 0.3 is 0 Å². The second-order valence-corrected chi connectivity index (χ2v) is 5.05. The number of fused-ring (bicyclic) bond motifs is 1. The number of benzene rings is 2. The van der Waals surface area contributed by atoms with E-state index in [0.717, 1.165) is 0 Å². The maximum absolute atomic E-state index is 2.24. The molecule has 0 aliphatic heterocycles. The first-order valence-corrected chi connectivity index (χ1v) is 6.45. The molecule has 0 N–H and O–H groups in total. The zero-order valence-corrected chi connectivity index (χ0v) is 10.2. The van der Waals surface area contributed by atoms with E-state index in [-0.39, 0.29) is 0 Å². The van der Waals surface area contributed by atoms with Crippen LogP contribution >= 0.6 is 11.3 Å². The number of hydrogen-bond acceptors (Lipinski definition) is 1. The summed E-state index contributed by atoms with van der Waals surface area (Å²) >= 11 is 1.83. The zero-order valence-electron chi connectivity index (χ0n) is 9.34. The Bertz CT molecular complexity index is 614. The molecule has 1 aromatic heterocycles. The maximum atomic E-state index is 2.24. The van der Waals surface area contributed by atoms with Crippen molar-refractivity contribution >= 4 is 33.6 Å². The molecule has 1 heteroatoms. The molecular formula is C16H12S. The summed E-state index contributed by atoms with van der Waals surface area (Å²) in [4.78, 5) is 1.30. The Labute approximate surface area is 105 Å². The third kappa shape index (κ3) is 2.29. The molecule has 2 aromatic carbocycles. The third-order valence-corrected chi connectivity index (χ3v) is 3.77. The van der Waals surface area contributed by atoms with E-state index in [9.17, 15) is 0 Å². The summed E-state index contributed by atoms with van der Waals surface area (Å²) in [7, 11) is 0. The Morgan fingerprint density at radius 3 is 2.35 bits per heavy atom. The minimum atomic E-state index is 1.24. The van der Waals surface area contributed by atoms with E-state index in [0.29, 0.717) is 0 Å². The van der Waals surface area contributed by atoms with Gasteiger partial charge in [0.25, 0.3) is 0 Å². The van der Waals surface area contributed by atoms with Gasteiger partial charge in [-0.25, -0.2) is 0 Å². The molecule has 0 saturated heterocycles. The van der Waals surface area contributed by atoms with Crippen molar-refractivity contribution in [2.45, 2.75) is 0 Å². The van der Waals surface area contributed by atoms with E-state index in [1.54, 1.807) is 0 Å². The average molecular weight is 236 g/mol. The maximum Gasteiger partial charge on any atom is 0.0349 e. The molecule has 0 amide bonds. The van der Waals surface area contributed by atoms with E-state index in [1.165, 1.54) is 20.5 Å². The Balaban J connectivity index is 1.92. The third-order valence-electron chi connectivity index (χ3n) is 2.68. The zero-order chi connectivity index (χ0) is 11.5. The van der Waals surface area contributed by atoms with Crippen LogP contribution in [0.2, 0.25) is 0 Å². The lowest BCUT2D eigenvalue weighted by Gasteiger charge is -1.89. The first-order valence-electron chi connectivity index (χ1n) is 5.63. The van der Waals surface area contributed by atoms with Crippen molar-refractivity contribution in [3.63, 3.8) is 0 Å². The molecule has 1 heterocycles. The van der Waals surface area contributed by atoms with Crippen molar-refractivity contribution in [1.82, 2.24) is 0 Å². The summed E-state index contributed by atoms with van der Waals surface area (Å²) in [6.07, 6.45) is 4.34. The molecule has 0 spiro atoms. The highest BCUT2D eigenvalue weighted by Crippen LogP contribution is 2.26. The Kier molecular flexibility index (Phi) is 2.76. The van der Waals surface area contributed by atoms with Crippen LogP contribution in [0, 0.1) is 0 Å². The highest BCUT2D eigenvalue weighted by molar-refractivity contribution is 7.19. The highest BCUT2D eigenvalue weighted by Gasteiger charge is 1.97. The lowest BCUT2D eigenvalue weighted by Crippen LogP contribution is -1.67. The number of thiophene rings is 1. The fraction of sp³-hybridized carbons (Fsp3) is 0. The first-order chi connectivity index (χ1) is 8.42. The highest BCUT2D eigenvalue weighted by atomic mass is 32.1. The minimum Gasteiger partial charge on any atom is -0.136 e. The van der Waals surface area contributed by atoms with Gasteiger partial charge < -0.3 is 0 Å². The van der Waals surface area contributed by atoms with Gasteiger partial charge in [0.05, 0.1) is 0 Å². The van der Waals surface area contributed by atoms with Crippen molar-refractivity contribution in [3.05, 3.63) is 71.1 Å². The fourth-order valence-electron chi connectivity index (χ4n) is 1.83. The van der Waals surface area contributed by atoms with Crippen LogP contribution in [-0.2, 0) is 0 Å². The smallest absolute Gasteiger partial charge is 0.0349 e. The van der Waals surface area contributed by atoms with E-state index < -0.39 is 0 Å². The molecule has 17 heavy (non-hydrogen) atoms. The molecular weight excluding hydrogens is 224 g/mol. The van der Waals surface area contributed by atoms with Crippen LogP contribution in [0.4, 0.5) is 0 Å². The normalized spacial score (nSPS) is 11.3. The predicted octanol–water partition coefficient (Wildman–Crippen LogP) is 5.07. The lowest BCUT2D eigenvalue weighted by molar-refractivity contribution is 1.67. The summed E-state index contributed by atoms with van der Waals surface area (Å²) in [5.74, 6) is 0. The molecule has 0 aliphatic rings. The second-order valence-electron chi connectivity index (χ2n) is 3.93. The van der Waals surface area contributed by atoms with E-state index in [2.05, 4.69) is 66.7 Å². The van der Waals surface area contributed by atoms with Gasteiger partial charge in [0.1, 0.15) is 0 Å². The van der Waals surface area contributed by atoms with E-state index in [1.807, 2.05) is 17.4 Å². The molecule has 0 fully saturated rings. The van der Waals surface area contributed by atoms with Gasteiger partial charge in [0.2, 0.25) is 0 Å². The van der Waals surface area contributed by atoms with Gasteiger partial charge in [-0.3, -0.25) is 0 Å². The van der Waals surface area contributed by atoms with Crippen LogP contribution in [-0.4, -0.2) is 0 Å². The topological polar surface area (TPSA) is 0 Å². The fourth-order valence-corrected chi connectivity index (χ4v) is 2.79. The molecule has 82 valence electrons. The van der Waals surface area contributed by atoms with E-state index in [4.69, 9.17) is 0 Å². The van der Waals surface area contributed by atoms with Crippen LogP contribution in [0.25, 0.3) is 22.2 Å². The average Bonchev–Trinajstić information content (AvgIpc) is 2.80. The van der Waals surface area contributed by atoms with Crippen molar-refractivity contribution in [1.29, 1.82) is 0 Å². The quantitative estimate of drug-likeness (QED) is 0.582. The van der Waals surface area contributed by atoms with Crippen molar-refractivity contribution in [3.8, 4) is 0 Å². The summed E-state index contributed by atoms with van der Waals surface area (Å²) in [6.45, 7) is 0. The number of hydrogen-bond donors (Lipinski definition) is 0. The van der Waals surface area contributed by atoms with Crippen molar-refractivity contribution in [2.75, 3.05) is 0 Å². The molecule has 0 radical (unpaired) electrons. The van der Waals surface area contributed by atoms with Crippen LogP contribution < -0.4 is 0 Å². The first kappa shape index (κ1) is 10.3. The Hall–Kier alpha value is -1.86. The lowest BCUT2D eigenvalue weighted by atomic mass is 10.2. The van der Waals surface area contributed by atoms with Gasteiger partial charge in [-0.2, -0.15) is 0 Å². The predicted molar refractivity (Wildman–Crippen MR) is 77.2 cm³/mol.